The molecule has 15 heavy (non-hydrogen) atoms. The molecule has 1 heterocycles. The number of hydrogen-bond donors (Lipinski definition) is 3. The highest BCUT2D eigenvalue weighted by atomic mass is 16.7. The van der Waals surface area contributed by atoms with Crippen molar-refractivity contribution in [1.29, 1.82) is 0 Å². The Kier molecular flexibility index (Phi) is 3.63. The van der Waals surface area contributed by atoms with Crippen molar-refractivity contribution in [3.63, 3.8) is 0 Å². The molecule has 4 atom stereocenters. The number of carbonyl (C=O) groups is 1. The largest absolute Gasteiger partial charge is 0.433 e. The molecule has 0 unspecified atom stereocenters. The molecule has 1 fully saturated rings. The molecule has 0 radical (unpaired) electrons. The topological polar surface area (TPSA) is 105 Å². The summed E-state index contributed by atoms with van der Waals surface area (Å²) in [5.74, 6) is -2.87. The zero-order chi connectivity index (χ0) is 11.6. The van der Waals surface area contributed by atoms with Crippen LogP contribution < -0.4 is 0 Å². The standard InChI is InChI=1S/C8H14O7/c1-4(9)15-7-6(11)8(12,13-2)5(10)3-14-7/h5-7,10-12H,3H2,1-2H3/t5-,6+,7+,8+/m1/s1. The van der Waals surface area contributed by atoms with Crippen LogP contribution in [0.1, 0.15) is 6.92 Å². The van der Waals surface area contributed by atoms with E-state index in [1.165, 1.54) is 0 Å². The van der Waals surface area contributed by atoms with Crippen LogP contribution in [0.3, 0.4) is 0 Å². The van der Waals surface area contributed by atoms with Crippen molar-refractivity contribution in [2.75, 3.05) is 13.7 Å². The minimum Gasteiger partial charge on any atom is -0.433 e. The molecular formula is C8H14O7. The number of aliphatic hydroxyl groups is 3. The molecule has 0 aromatic heterocycles. The van der Waals surface area contributed by atoms with Gasteiger partial charge in [0.15, 0.2) is 6.10 Å². The van der Waals surface area contributed by atoms with Crippen molar-refractivity contribution in [2.24, 2.45) is 0 Å². The molecule has 1 aliphatic rings. The number of rotatable bonds is 2. The van der Waals surface area contributed by atoms with Gasteiger partial charge in [0.1, 0.15) is 6.10 Å². The number of aliphatic hydroxyl groups excluding tert-OH is 2. The van der Waals surface area contributed by atoms with Crippen molar-refractivity contribution >= 4 is 5.97 Å². The third-order valence-electron chi connectivity index (χ3n) is 2.19. The number of methoxy groups -OCH3 is 1. The van der Waals surface area contributed by atoms with E-state index in [9.17, 15) is 20.1 Å². The van der Waals surface area contributed by atoms with E-state index in [2.05, 4.69) is 9.47 Å². The molecule has 7 heteroatoms. The quantitative estimate of drug-likeness (QED) is 0.365. The van der Waals surface area contributed by atoms with Gasteiger partial charge in [-0.05, 0) is 0 Å². The van der Waals surface area contributed by atoms with Gasteiger partial charge in [-0.25, -0.2) is 0 Å². The Bertz CT molecular complexity index is 243. The molecule has 3 N–H and O–H groups in total. The predicted molar refractivity (Wildman–Crippen MR) is 45.5 cm³/mol. The van der Waals surface area contributed by atoms with E-state index in [4.69, 9.17) is 4.74 Å². The summed E-state index contributed by atoms with van der Waals surface area (Å²) in [5.41, 5.74) is 0. The average molecular weight is 222 g/mol. The van der Waals surface area contributed by atoms with Crippen molar-refractivity contribution in [2.45, 2.75) is 31.2 Å². The fourth-order valence-corrected chi connectivity index (χ4v) is 1.31. The van der Waals surface area contributed by atoms with Crippen molar-refractivity contribution < 1.29 is 34.3 Å². The maximum absolute atomic E-state index is 10.6. The second kappa shape index (κ2) is 4.42. The molecule has 1 rings (SSSR count). The lowest BCUT2D eigenvalue weighted by atomic mass is 10.0. The number of esters is 1. The highest BCUT2D eigenvalue weighted by molar-refractivity contribution is 5.66. The summed E-state index contributed by atoms with van der Waals surface area (Å²) in [6, 6.07) is 0. The lowest BCUT2D eigenvalue weighted by molar-refractivity contribution is -0.368. The molecule has 1 saturated heterocycles. The third kappa shape index (κ3) is 2.27. The molecule has 0 aromatic rings. The molecule has 0 bridgehead atoms. The number of carbonyl (C=O) groups excluding carboxylic acids is 1. The van der Waals surface area contributed by atoms with Crippen LogP contribution in [0.5, 0.6) is 0 Å². The van der Waals surface area contributed by atoms with E-state index in [0.29, 0.717) is 0 Å². The molecule has 7 nitrogen and oxygen atoms in total. The first kappa shape index (κ1) is 12.3. The van der Waals surface area contributed by atoms with E-state index in [-0.39, 0.29) is 6.61 Å². The van der Waals surface area contributed by atoms with Gasteiger partial charge in [-0.2, -0.15) is 0 Å². The van der Waals surface area contributed by atoms with E-state index >= 15 is 0 Å². The second-order valence-electron chi connectivity index (χ2n) is 3.23. The van der Waals surface area contributed by atoms with Gasteiger partial charge in [-0.3, -0.25) is 4.79 Å². The number of ether oxygens (including phenoxy) is 3. The molecule has 88 valence electrons. The summed E-state index contributed by atoms with van der Waals surface area (Å²) in [7, 11) is 1.11. The maximum atomic E-state index is 10.6. The first-order valence-corrected chi connectivity index (χ1v) is 4.34. The Hall–Kier alpha value is -0.730. The fourth-order valence-electron chi connectivity index (χ4n) is 1.31. The lowest BCUT2D eigenvalue weighted by Gasteiger charge is -2.42. The van der Waals surface area contributed by atoms with Crippen LogP contribution in [0.2, 0.25) is 0 Å². The van der Waals surface area contributed by atoms with Crippen LogP contribution in [0.15, 0.2) is 0 Å². The zero-order valence-electron chi connectivity index (χ0n) is 8.41. The van der Waals surface area contributed by atoms with Crippen molar-refractivity contribution in [1.82, 2.24) is 0 Å². The summed E-state index contributed by atoms with van der Waals surface area (Å²) in [5, 5.41) is 28.6. The fraction of sp³-hybridized carbons (Fsp3) is 0.875. The first-order chi connectivity index (χ1) is 6.91. The monoisotopic (exact) mass is 222 g/mol. The number of hydrogen-bond acceptors (Lipinski definition) is 7. The van der Waals surface area contributed by atoms with Crippen molar-refractivity contribution in [3.8, 4) is 0 Å². The highest BCUT2D eigenvalue weighted by Crippen LogP contribution is 2.27. The van der Waals surface area contributed by atoms with E-state index < -0.39 is 30.3 Å². The summed E-state index contributed by atoms with van der Waals surface area (Å²) < 4.78 is 14.0. The summed E-state index contributed by atoms with van der Waals surface area (Å²) in [4.78, 5) is 10.6. The molecule has 0 saturated carbocycles. The van der Waals surface area contributed by atoms with Crippen LogP contribution in [0.4, 0.5) is 0 Å². The van der Waals surface area contributed by atoms with Gasteiger partial charge in [0.05, 0.1) is 6.61 Å². The van der Waals surface area contributed by atoms with Gasteiger partial charge in [0, 0.05) is 14.0 Å². The lowest BCUT2D eigenvalue weighted by Crippen LogP contribution is -2.64. The Morgan fingerprint density at radius 1 is 1.53 bits per heavy atom. The molecular weight excluding hydrogens is 208 g/mol. The minimum absolute atomic E-state index is 0.306. The van der Waals surface area contributed by atoms with Crippen LogP contribution in [0, 0.1) is 0 Å². The summed E-state index contributed by atoms with van der Waals surface area (Å²) >= 11 is 0. The zero-order valence-corrected chi connectivity index (χ0v) is 8.41. The van der Waals surface area contributed by atoms with Gasteiger partial charge in [-0.1, -0.05) is 0 Å². The maximum Gasteiger partial charge on any atom is 0.305 e. The van der Waals surface area contributed by atoms with E-state index in [1.54, 1.807) is 0 Å². The third-order valence-corrected chi connectivity index (χ3v) is 2.19. The Balaban J connectivity index is 2.76. The second-order valence-corrected chi connectivity index (χ2v) is 3.23. The van der Waals surface area contributed by atoms with Gasteiger partial charge >= 0.3 is 5.97 Å². The summed E-state index contributed by atoms with van der Waals surface area (Å²) in [6.45, 7) is 0.826. The van der Waals surface area contributed by atoms with Crippen LogP contribution >= 0.6 is 0 Å². The van der Waals surface area contributed by atoms with Gasteiger partial charge in [0.2, 0.25) is 12.1 Å². The first-order valence-electron chi connectivity index (χ1n) is 4.34. The Labute approximate surface area is 86.2 Å². The van der Waals surface area contributed by atoms with E-state index in [1.807, 2.05) is 0 Å². The average Bonchev–Trinajstić information content (AvgIpc) is 2.19. The highest BCUT2D eigenvalue weighted by Gasteiger charge is 2.53. The molecule has 0 aliphatic carbocycles. The van der Waals surface area contributed by atoms with Crippen molar-refractivity contribution in [3.05, 3.63) is 0 Å². The van der Waals surface area contributed by atoms with Gasteiger partial charge in [0.25, 0.3) is 0 Å². The smallest absolute Gasteiger partial charge is 0.305 e. The van der Waals surface area contributed by atoms with Crippen LogP contribution in [-0.2, 0) is 19.0 Å². The van der Waals surface area contributed by atoms with Crippen LogP contribution in [-0.4, -0.2) is 59.3 Å². The molecule has 0 amide bonds. The molecule has 0 spiro atoms. The SMILES string of the molecule is CO[C@@]1(O)[C@H](O)CO[C@@H](OC(C)=O)[C@@H]1O. The Morgan fingerprint density at radius 3 is 2.60 bits per heavy atom. The van der Waals surface area contributed by atoms with E-state index in [0.717, 1.165) is 14.0 Å². The molecule has 0 aromatic carbocycles. The van der Waals surface area contributed by atoms with Gasteiger partial charge in [-0.15, -0.1) is 0 Å². The molecule has 1 aliphatic heterocycles. The predicted octanol–water partition coefficient (Wildman–Crippen LogP) is -2.04. The summed E-state index contributed by atoms with van der Waals surface area (Å²) in [6.07, 6.45) is -4.43. The van der Waals surface area contributed by atoms with Crippen LogP contribution in [0.25, 0.3) is 0 Å². The normalized spacial score (nSPS) is 41.3. The van der Waals surface area contributed by atoms with Gasteiger partial charge < -0.3 is 29.5 Å². The Morgan fingerprint density at radius 2 is 2.13 bits per heavy atom. The minimum atomic E-state index is -2.20.